The Morgan fingerprint density at radius 3 is 2.41 bits per heavy atom. The third-order valence-electron chi connectivity index (χ3n) is 3.01. The van der Waals surface area contributed by atoms with Crippen LogP contribution < -0.4 is 0 Å². The molecule has 1 aliphatic heterocycles. The van der Waals surface area contributed by atoms with Gasteiger partial charge in [0.15, 0.2) is 0 Å². The minimum Gasteiger partial charge on any atom is -0.411 e. The van der Waals surface area contributed by atoms with Gasteiger partial charge in [0.1, 0.15) is 0 Å². The fraction of sp³-hybridized carbons (Fsp3) is 0.385. The number of hydrogen-bond acceptors (Lipinski definition) is 3. The van der Waals surface area contributed by atoms with Gasteiger partial charge in [0.05, 0.1) is 6.21 Å². The summed E-state index contributed by atoms with van der Waals surface area (Å²) in [5.41, 5.74) is 1.48. The van der Waals surface area contributed by atoms with E-state index >= 15 is 0 Å². The molecule has 90 valence electrons. The van der Waals surface area contributed by atoms with Crippen molar-refractivity contribution in [2.75, 3.05) is 13.1 Å². The van der Waals surface area contributed by atoms with Crippen LogP contribution >= 0.6 is 0 Å². The van der Waals surface area contributed by atoms with Crippen LogP contribution in [0, 0.1) is 0 Å². The zero-order chi connectivity index (χ0) is 12.1. The highest BCUT2D eigenvalue weighted by molar-refractivity contribution is 5.95. The number of benzene rings is 1. The molecule has 1 heterocycles. The lowest BCUT2D eigenvalue weighted by molar-refractivity contribution is 0.0724. The lowest BCUT2D eigenvalue weighted by atomic mass is 10.1. The van der Waals surface area contributed by atoms with E-state index in [1.165, 1.54) is 12.6 Å². The van der Waals surface area contributed by atoms with E-state index in [1.807, 2.05) is 4.90 Å². The molecule has 0 spiro atoms. The van der Waals surface area contributed by atoms with E-state index < -0.39 is 0 Å². The van der Waals surface area contributed by atoms with Crippen LogP contribution in [0.15, 0.2) is 29.4 Å². The number of carbonyl (C=O) groups is 1. The Kier molecular flexibility index (Phi) is 3.75. The molecule has 0 bridgehead atoms. The van der Waals surface area contributed by atoms with Crippen LogP contribution in [0.5, 0.6) is 0 Å². The zero-order valence-corrected chi connectivity index (χ0v) is 9.67. The largest absolute Gasteiger partial charge is 0.411 e. The molecule has 0 unspecified atom stereocenters. The number of rotatable bonds is 2. The van der Waals surface area contributed by atoms with Crippen LogP contribution in [0.25, 0.3) is 0 Å². The molecular weight excluding hydrogens is 216 g/mol. The van der Waals surface area contributed by atoms with E-state index in [2.05, 4.69) is 5.16 Å². The van der Waals surface area contributed by atoms with Crippen LogP contribution in [0.2, 0.25) is 0 Å². The third kappa shape index (κ3) is 2.84. The monoisotopic (exact) mass is 232 g/mol. The van der Waals surface area contributed by atoms with Crippen LogP contribution in [0.1, 0.15) is 35.2 Å². The van der Waals surface area contributed by atoms with E-state index in [-0.39, 0.29) is 5.91 Å². The molecule has 1 fully saturated rings. The first-order valence-electron chi connectivity index (χ1n) is 5.88. The summed E-state index contributed by atoms with van der Waals surface area (Å²) in [6.07, 6.45) is 4.76. The summed E-state index contributed by atoms with van der Waals surface area (Å²) in [7, 11) is 0. The molecule has 1 aliphatic rings. The van der Waals surface area contributed by atoms with Crippen molar-refractivity contribution in [1.82, 2.24) is 4.90 Å². The van der Waals surface area contributed by atoms with E-state index in [4.69, 9.17) is 5.21 Å². The summed E-state index contributed by atoms with van der Waals surface area (Å²) < 4.78 is 0. The van der Waals surface area contributed by atoms with Crippen molar-refractivity contribution in [3.63, 3.8) is 0 Å². The Balaban J connectivity index is 2.08. The van der Waals surface area contributed by atoms with Crippen molar-refractivity contribution in [3.05, 3.63) is 35.4 Å². The lowest BCUT2D eigenvalue weighted by Crippen LogP contribution is -2.35. The second-order valence-corrected chi connectivity index (χ2v) is 4.22. The molecule has 1 amide bonds. The SMILES string of the molecule is O=C(c1ccc(C=NO)cc1)N1CCCCC1. The highest BCUT2D eigenvalue weighted by Crippen LogP contribution is 2.13. The van der Waals surface area contributed by atoms with Gasteiger partial charge in [0, 0.05) is 18.7 Å². The number of oxime groups is 1. The van der Waals surface area contributed by atoms with E-state index in [9.17, 15) is 4.79 Å². The van der Waals surface area contributed by atoms with Crippen LogP contribution in [0.4, 0.5) is 0 Å². The van der Waals surface area contributed by atoms with Gasteiger partial charge in [-0.15, -0.1) is 0 Å². The van der Waals surface area contributed by atoms with Crippen LogP contribution in [-0.2, 0) is 0 Å². The molecule has 0 aromatic heterocycles. The first kappa shape index (κ1) is 11.6. The minimum atomic E-state index is 0.0946. The average molecular weight is 232 g/mol. The maximum absolute atomic E-state index is 12.1. The minimum absolute atomic E-state index is 0.0946. The molecule has 1 N–H and O–H groups in total. The first-order valence-corrected chi connectivity index (χ1v) is 5.88. The molecule has 0 radical (unpaired) electrons. The normalized spacial score (nSPS) is 16.4. The molecule has 4 heteroatoms. The Morgan fingerprint density at radius 2 is 1.82 bits per heavy atom. The summed E-state index contributed by atoms with van der Waals surface area (Å²) in [6.45, 7) is 1.72. The second kappa shape index (κ2) is 5.48. The van der Waals surface area contributed by atoms with Gasteiger partial charge in [-0.1, -0.05) is 17.3 Å². The van der Waals surface area contributed by atoms with Gasteiger partial charge in [0.25, 0.3) is 5.91 Å². The van der Waals surface area contributed by atoms with Crippen molar-refractivity contribution >= 4 is 12.1 Å². The second-order valence-electron chi connectivity index (χ2n) is 4.22. The van der Waals surface area contributed by atoms with Gasteiger partial charge in [-0.25, -0.2) is 0 Å². The Bertz CT molecular complexity index is 406. The maximum Gasteiger partial charge on any atom is 0.253 e. The number of hydrogen-bond donors (Lipinski definition) is 1. The smallest absolute Gasteiger partial charge is 0.253 e. The van der Waals surface area contributed by atoms with Crippen molar-refractivity contribution in [2.45, 2.75) is 19.3 Å². The van der Waals surface area contributed by atoms with Crippen molar-refractivity contribution in [1.29, 1.82) is 0 Å². The van der Waals surface area contributed by atoms with Gasteiger partial charge >= 0.3 is 0 Å². The van der Waals surface area contributed by atoms with Crippen molar-refractivity contribution in [3.8, 4) is 0 Å². The summed E-state index contributed by atoms with van der Waals surface area (Å²) in [5.74, 6) is 0.0946. The molecule has 0 aliphatic carbocycles. The molecule has 4 nitrogen and oxygen atoms in total. The maximum atomic E-state index is 12.1. The highest BCUT2D eigenvalue weighted by Gasteiger charge is 2.17. The number of nitrogens with zero attached hydrogens (tertiary/aromatic N) is 2. The standard InChI is InChI=1S/C13H16N2O2/c16-13(15-8-2-1-3-9-15)12-6-4-11(5-7-12)10-14-17/h4-7,10,17H,1-3,8-9H2. The van der Waals surface area contributed by atoms with Gasteiger partial charge in [-0.3, -0.25) is 4.79 Å². The zero-order valence-electron chi connectivity index (χ0n) is 9.67. The van der Waals surface area contributed by atoms with Gasteiger partial charge in [-0.05, 0) is 37.0 Å². The Morgan fingerprint density at radius 1 is 1.18 bits per heavy atom. The lowest BCUT2D eigenvalue weighted by Gasteiger charge is -2.26. The predicted octanol–water partition coefficient (Wildman–Crippen LogP) is 2.12. The fourth-order valence-corrected chi connectivity index (χ4v) is 2.06. The average Bonchev–Trinajstić information content (AvgIpc) is 2.40. The molecule has 1 aromatic carbocycles. The highest BCUT2D eigenvalue weighted by atomic mass is 16.4. The topological polar surface area (TPSA) is 52.9 Å². The molecule has 0 atom stereocenters. The molecule has 0 saturated carbocycles. The Labute approximate surface area is 101 Å². The molecule has 2 rings (SSSR count). The molecule has 17 heavy (non-hydrogen) atoms. The van der Waals surface area contributed by atoms with Gasteiger partial charge < -0.3 is 10.1 Å². The van der Waals surface area contributed by atoms with Crippen LogP contribution in [0.3, 0.4) is 0 Å². The quantitative estimate of drug-likeness (QED) is 0.482. The fourth-order valence-electron chi connectivity index (χ4n) is 2.06. The van der Waals surface area contributed by atoms with Crippen molar-refractivity contribution < 1.29 is 10.0 Å². The summed E-state index contributed by atoms with van der Waals surface area (Å²) in [5, 5.41) is 11.3. The van der Waals surface area contributed by atoms with E-state index in [1.54, 1.807) is 24.3 Å². The summed E-state index contributed by atoms with van der Waals surface area (Å²) >= 11 is 0. The van der Waals surface area contributed by atoms with Crippen LogP contribution in [-0.4, -0.2) is 35.3 Å². The number of piperidine rings is 1. The molecule has 1 aromatic rings. The van der Waals surface area contributed by atoms with Crippen molar-refractivity contribution in [2.24, 2.45) is 5.16 Å². The number of likely N-dealkylation sites (tertiary alicyclic amines) is 1. The number of amides is 1. The molecular formula is C13H16N2O2. The Hall–Kier alpha value is -1.84. The molecule has 1 saturated heterocycles. The number of carbonyl (C=O) groups excluding carboxylic acids is 1. The summed E-state index contributed by atoms with van der Waals surface area (Å²) in [4.78, 5) is 14.0. The predicted molar refractivity (Wildman–Crippen MR) is 65.6 cm³/mol. The summed E-state index contributed by atoms with van der Waals surface area (Å²) in [6, 6.07) is 7.09. The van der Waals surface area contributed by atoms with E-state index in [0.29, 0.717) is 5.56 Å². The third-order valence-corrected chi connectivity index (χ3v) is 3.01. The van der Waals surface area contributed by atoms with E-state index in [0.717, 1.165) is 31.5 Å². The first-order chi connectivity index (χ1) is 8.31. The van der Waals surface area contributed by atoms with Gasteiger partial charge in [-0.2, -0.15) is 0 Å². The van der Waals surface area contributed by atoms with Gasteiger partial charge in [0.2, 0.25) is 0 Å².